The normalized spacial score (nSPS) is 14.4. The third-order valence-electron chi connectivity index (χ3n) is 2.62. The fourth-order valence-electron chi connectivity index (χ4n) is 1.77. The van der Waals surface area contributed by atoms with Gasteiger partial charge in [0.15, 0.2) is 0 Å². The number of allylic oxidation sites excluding steroid dienone is 2. The Kier molecular flexibility index (Phi) is 9.10. The molecule has 1 heterocycles. The Morgan fingerprint density at radius 2 is 1.50 bits per heavy atom. The van der Waals surface area contributed by atoms with Gasteiger partial charge in [-0.1, -0.05) is 63.6 Å². The molecule has 1 aliphatic heterocycles. The number of hydrogen-bond acceptors (Lipinski definition) is 2. The third-order valence-corrected chi connectivity index (χ3v) is 2.62. The van der Waals surface area contributed by atoms with E-state index in [4.69, 9.17) is 0 Å². The quantitative estimate of drug-likeness (QED) is 0.760. The van der Waals surface area contributed by atoms with Gasteiger partial charge in [-0.25, -0.2) is 0 Å². The van der Waals surface area contributed by atoms with E-state index < -0.39 is 0 Å². The topological polar surface area (TPSA) is 24.4 Å². The zero-order valence-corrected chi connectivity index (χ0v) is 13.9. The summed E-state index contributed by atoms with van der Waals surface area (Å²) >= 11 is 0. The van der Waals surface area contributed by atoms with Gasteiger partial charge >= 0.3 is 0 Å². The van der Waals surface area contributed by atoms with E-state index in [2.05, 4.69) is 42.4 Å². The summed E-state index contributed by atoms with van der Waals surface area (Å²) < 4.78 is 0. The van der Waals surface area contributed by atoms with Gasteiger partial charge in [0.1, 0.15) is 0 Å². The van der Waals surface area contributed by atoms with Gasteiger partial charge in [-0.15, -0.1) is 0 Å². The molecule has 0 saturated heterocycles. The SMILES string of the molecule is CC.CC.CN=C1C=C(c2ccccc2)NC1=C(C)C. The highest BCUT2D eigenvalue weighted by Gasteiger charge is 2.17. The van der Waals surface area contributed by atoms with Crippen LogP contribution >= 0.6 is 0 Å². The lowest BCUT2D eigenvalue weighted by atomic mass is 10.1. The van der Waals surface area contributed by atoms with Gasteiger partial charge in [-0.2, -0.15) is 0 Å². The summed E-state index contributed by atoms with van der Waals surface area (Å²) in [5, 5.41) is 3.42. The summed E-state index contributed by atoms with van der Waals surface area (Å²) in [6.45, 7) is 12.2. The summed E-state index contributed by atoms with van der Waals surface area (Å²) in [4.78, 5) is 4.29. The zero-order valence-electron chi connectivity index (χ0n) is 13.9. The van der Waals surface area contributed by atoms with E-state index >= 15 is 0 Å². The Labute approximate surface area is 124 Å². The molecular weight excluding hydrogens is 244 g/mol. The molecule has 0 amide bonds. The molecule has 2 nitrogen and oxygen atoms in total. The van der Waals surface area contributed by atoms with Crippen molar-refractivity contribution in [2.45, 2.75) is 41.5 Å². The van der Waals surface area contributed by atoms with Gasteiger partial charge in [0.05, 0.1) is 11.4 Å². The molecular formula is C18H28N2. The van der Waals surface area contributed by atoms with E-state index in [0.29, 0.717) is 0 Å². The first-order chi connectivity index (χ1) is 9.72. The maximum Gasteiger partial charge on any atom is 0.0825 e. The lowest BCUT2D eigenvalue weighted by molar-refractivity contribution is 1.13. The van der Waals surface area contributed by atoms with E-state index in [1.807, 2.05) is 52.9 Å². The van der Waals surface area contributed by atoms with Crippen LogP contribution in [0.1, 0.15) is 47.1 Å². The highest BCUT2D eigenvalue weighted by molar-refractivity contribution is 6.16. The molecule has 0 radical (unpaired) electrons. The second-order valence-corrected chi connectivity index (χ2v) is 4.03. The molecule has 0 aliphatic carbocycles. The fourth-order valence-corrected chi connectivity index (χ4v) is 1.77. The lowest BCUT2D eigenvalue weighted by Crippen LogP contribution is -2.10. The third kappa shape index (κ3) is 4.69. The number of hydrogen-bond donors (Lipinski definition) is 1. The molecule has 0 unspecified atom stereocenters. The minimum Gasteiger partial charge on any atom is -0.353 e. The highest BCUT2D eigenvalue weighted by Crippen LogP contribution is 2.21. The fraction of sp³-hybridized carbons (Fsp3) is 0.389. The van der Waals surface area contributed by atoms with Crippen LogP contribution in [0.2, 0.25) is 0 Å². The van der Waals surface area contributed by atoms with Gasteiger partial charge in [-0.05, 0) is 25.5 Å². The van der Waals surface area contributed by atoms with Gasteiger partial charge in [0.25, 0.3) is 0 Å². The average Bonchev–Trinajstić information content (AvgIpc) is 2.97. The van der Waals surface area contributed by atoms with Crippen molar-refractivity contribution in [3.8, 4) is 0 Å². The smallest absolute Gasteiger partial charge is 0.0825 e. The van der Waals surface area contributed by atoms with Crippen LogP contribution in [-0.4, -0.2) is 12.8 Å². The average molecular weight is 272 g/mol. The predicted molar refractivity (Wildman–Crippen MR) is 92.0 cm³/mol. The van der Waals surface area contributed by atoms with E-state index in [1.54, 1.807) is 0 Å². The van der Waals surface area contributed by atoms with Crippen LogP contribution in [0.15, 0.2) is 52.7 Å². The number of nitrogens with zero attached hydrogens (tertiary/aromatic N) is 1. The molecule has 0 atom stereocenters. The van der Waals surface area contributed by atoms with E-state index in [1.165, 1.54) is 11.1 Å². The first kappa shape index (κ1) is 18.2. The van der Waals surface area contributed by atoms with Crippen LogP contribution < -0.4 is 5.32 Å². The monoisotopic (exact) mass is 272 g/mol. The zero-order chi connectivity index (χ0) is 15.5. The molecule has 0 fully saturated rings. The van der Waals surface area contributed by atoms with Crippen molar-refractivity contribution in [3.05, 3.63) is 53.2 Å². The van der Waals surface area contributed by atoms with E-state index in [9.17, 15) is 0 Å². The minimum absolute atomic E-state index is 1.03. The number of rotatable bonds is 1. The lowest BCUT2D eigenvalue weighted by Gasteiger charge is -2.07. The van der Waals surface area contributed by atoms with Crippen LogP contribution in [0, 0.1) is 0 Å². The highest BCUT2D eigenvalue weighted by atomic mass is 15.0. The molecule has 0 aromatic heterocycles. The van der Waals surface area contributed by atoms with Crippen LogP contribution in [0.25, 0.3) is 5.70 Å². The van der Waals surface area contributed by atoms with Crippen molar-refractivity contribution in [2.24, 2.45) is 4.99 Å². The van der Waals surface area contributed by atoms with Gasteiger partial charge in [0.2, 0.25) is 0 Å². The Morgan fingerprint density at radius 1 is 0.950 bits per heavy atom. The number of benzene rings is 1. The molecule has 2 rings (SSSR count). The van der Waals surface area contributed by atoms with Gasteiger partial charge < -0.3 is 5.32 Å². The summed E-state index contributed by atoms with van der Waals surface area (Å²) in [6, 6.07) is 10.3. The molecule has 20 heavy (non-hydrogen) atoms. The van der Waals surface area contributed by atoms with Crippen LogP contribution in [0.5, 0.6) is 0 Å². The maximum absolute atomic E-state index is 4.29. The van der Waals surface area contributed by atoms with Crippen molar-refractivity contribution in [2.75, 3.05) is 7.05 Å². The van der Waals surface area contributed by atoms with Crippen LogP contribution in [-0.2, 0) is 0 Å². The van der Waals surface area contributed by atoms with Crippen molar-refractivity contribution >= 4 is 11.4 Å². The molecule has 1 aliphatic rings. The standard InChI is InChI=1S/C14H16N2.2C2H6/c1-10(2)14-13(15-3)9-12(16-14)11-7-5-4-6-8-11;2*1-2/h4-9,16H,1-3H3;2*1-2H3. The molecule has 1 N–H and O–H groups in total. The largest absolute Gasteiger partial charge is 0.353 e. The van der Waals surface area contributed by atoms with Crippen molar-refractivity contribution in [3.63, 3.8) is 0 Å². The molecule has 110 valence electrons. The molecule has 0 spiro atoms. The Bertz CT molecular complexity index is 475. The first-order valence-corrected chi connectivity index (χ1v) is 7.41. The summed E-state index contributed by atoms with van der Waals surface area (Å²) in [7, 11) is 1.82. The second kappa shape index (κ2) is 10.0. The Morgan fingerprint density at radius 3 is 1.90 bits per heavy atom. The van der Waals surface area contributed by atoms with Crippen molar-refractivity contribution in [1.82, 2.24) is 5.32 Å². The van der Waals surface area contributed by atoms with Crippen molar-refractivity contribution < 1.29 is 0 Å². The molecule has 2 heteroatoms. The molecule has 0 saturated carbocycles. The van der Waals surface area contributed by atoms with E-state index in [0.717, 1.165) is 17.1 Å². The first-order valence-electron chi connectivity index (χ1n) is 7.41. The van der Waals surface area contributed by atoms with Gasteiger partial charge in [-0.3, -0.25) is 4.99 Å². The maximum atomic E-state index is 4.29. The molecule has 1 aromatic carbocycles. The Balaban J connectivity index is 0.000000829. The van der Waals surface area contributed by atoms with Crippen LogP contribution in [0.3, 0.4) is 0 Å². The molecule has 1 aromatic rings. The van der Waals surface area contributed by atoms with Crippen LogP contribution in [0.4, 0.5) is 0 Å². The number of nitrogens with one attached hydrogen (secondary N) is 1. The second-order valence-electron chi connectivity index (χ2n) is 4.03. The van der Waals surface area contributed by atoms with E-state index in [-0.39, 0.29) is 0 Å². The number of aliphatic imine (C=N–C) groups is 1. The van der Waals surface area contributed by atoms with Gasteiger partial charge in [0, 0.05) is 12.7 Å². The summed E-state index contributed by atoms with van der Waals surface area (Å²) in [5.74, 6) is 0. The summed E-state index contributed by atoms with van der Waals surface area (Å²) in [6.07, 6.45) is 2.09. The molecule has 0 bridgehead atoms. The van der Waals surface area contributed by atoms with Crippen molar-refractivity contribution in [1.29, 1.82) is 0 Å². The predicted octanol–water partition coefficient (Wildman–Crippen LogP) is 5.05. The Hall–Kier alpha value is -1.83. The minimum atomic E-state index is 1.03. The summed E-state index contributed by atoms with van der Waals surface area (Å²) in [5.41, 5.74) is 5.72.